The number of nitriles is 1. The Bertz CT molecular complexity index is 901. The minimum absolute atomic E-state index is 0.141. The van der Waals surface area contributed by atoms with Crippen LogP contribution in [-0.2, 0) is 6.18 Å². The first-order chi connectivity index (χ1) is 10.4. The summed E-state index contributed by atoms with van der Waals surface area (Å²) in [5.74, 6) is 0. The van der Waals surface area contributed by atoms with Gasteiger partial charge < -0.3 is 10.3 Å². The number of nitrogens with zero attached hydrogens (tertiary/aromatic N) is 2. The molecular weight excluding hydrogens is 291 g/mol. The largest absolute Gasteiger partial charge is 0.416 e. The fraction of sp³-hybridized carbons (Fsp3) is 0.0625. The maximum atomic E-state index is 12.9. The normalized spacial score (nSPS) is 11.5. The van der Waals surface area contributed by atoms with Crippen LogP contribution in [-0.4, -0.2) is 4.57 Å². The van der Waals surface area contributed by atoms with Crippen LogP contribution in [0.25, 0.3) is 16.5 Å². The number of halogens is 3. The second-order valence-electron chi connectivity index (χ2n) is 4.82. The highest BCUT2D eigenvalue weighted by Crippen LogP contribution is 2.34. The van der Waals surface area contributed by atoms with E-state index in [0.717, 1.165) is 17.5 Å². The number of hydrogen-bond donors (Lipinski definition) is 1. The third-order valence-electron chi connectivity index (χ3n) is 3.45. The molecule has 3 rings (SSSR count). The number of nitrogens with two attached hydrogens (primary N) is 1. The van der Waals surface area contributed by atoms with E-state index < -0.39 is 11.7 Å². The summed E-state index contributed by atoms with van der Waals surface area (Å²) in [4.78, 5) is 0. The Labute approximate surface area is 124 Å². The molecule has 0 radical (unpaired) electrons. The Morgan fingerprint density at radius 2 is 1.82 bits per heavy atom. The van der Waals surface area contributed by atoms with Crippen molar-refractivity contribution in [2.75, 3.05) is 5.73 Å². The minimum Gasteiger partial charge on any atom is -0.397 e. The summed E-state index contributed by atoms with van der Waals surface area (Å²) in [5, 5.41) is 10.8. The van der Waals surface area contributed by atoms with Crippen LogP contribution >= 0.6 is 0 Å². The van der Waals surface area contributed by atoms with E-state index >= 15 is 0 Å². The van der Waals surface area contributed by atoms with Crippen LogP contribution < -0.4 is 5.73 Å². The molecule has 3 nitrogen and oxygen atoms in total. The summed E-state index contributed by atoms with van der Waals surface area (Å²) in [6.45, 7) is 0. The van der Waals surface area contributed by atoms with Crippen molar-refractivity contribution in [3.8, 4) is 11.8 Å². The fourth-order valence-electron chi connectivity index (χ4n) is 2.39. The summed E-state index contributed by atoms with van der Waals surface area (Å²) in [5.41, 5.74) is 5.57. The highest BCUT2D eigenvalue weighted by Gasteiger charge is 2.31. The molecule has 1 heterocycles. The maximum absolute atomic E-state index is 12.9. The van der Waals surface area contributed by atoms with Crippen molar-refractivity contribution in [1.29, 1.82) is 5.26 Å². The van der Waals surface area contributed by atoms with E-state index in [2.05, 4.69) is 0 Å². The van der Waals surface area contributed by atoms with Crippen molar-refractivity contribution in [1.82, 2.24) is 4.57 Å². The van der Waals surface area contributed by atoms with E-state index in [0.29, 0.717) is 5.39 Å². The van der Waals surface area contributed by atoms with Crippen LogP contribution in [0.2, 0.25) is 0 Å². The van der Waals surface area contributed by atoms with Gasteiger partial charge in [-0.25, -0.2) is 0 Å². The van der Waals surface area contributed by atoms with Crippen molar-refractivity contribution in [3.05, 3.63) is 59.9 Å². The zero-order valence-electron chi connectivity index (χ0n) is 11.2. The van der Waals surface area contributed by atoms with Gasteiger partial charge in [0.2, 0.25) is 0 Å². The summed E-state index contributed by atoms with van der Waals surface area (Å²) >= 11 is 0. The van der Waals surface area contributed by atoms with Crippen molar-refractivity contribution in [3.63, 3.8) is 0 Å². The van der Waals surface area contributed by atoms with Gasteiger partial charge in [-0.05, 0) is 18.2 Å². The summed E-state index contributed by atoms with van der Waals surface area (Å²) < 4.78 is 40.1. The number of nitrogen functional groups attached to an aromatic ring is 1. The molecule has 0 atom stereocenters. The molecule has 0 saturated carbocycles. The Kier molecular flexibility index (Phi) is 3.06. The molecule has 0 aliphatic heterocycles. The van der Waals surface area contributed by atoms with Crippen LogP contribution in [0.3, 0.4) is 0 Å². The number of hydrogen-bond acceptors (Lipinski definition) is 2. The van der Waals surface area contributed by atoms with Gasteiger partial charge in [0.15, 0.2) is 0 Å². The monoisotopic (exact) mass is 301 g/mol. The molecule has 0 amide bonds. The predicted octanol–water partition coefficient (Wildman–Crippen LogP) is 4.10. The first-order valence-corrected chi connectivity index (χ1v) is 6.39. The van der Waals surface area contributed by atoms with Crippen LogP contribution in [0.1, 0.15) is 11.3 Å². The molecule has 0 bridgehead atoms. The van der Waals surface area contributed by atoms with Gasteiger partial charge in [-0.15, -0.1) is 0 Å². The molecule has 0 aliphatic rings. The lowest BCUT2D eigenvalue weighted by atomic mass is 10.1. The molecule has 0 aliphatic carbocycles. The lowest BCUT2D eigenvalue weighted by Crippen LogP contribution is -2.08. The molecule has 110 valence electrons. The standard InChI is InChI=1S/C16H10F3N3/c17-16(18,19)11-5-6-13(21)14(7-11)22-9-10-3-1-2-4-12(10)15(22)8-20/h1-7,9H,21H2. The lowest BCUT2D eigenvalue weighted by Gasteiger charge is -2.12. The Balaban J connectivity index is 2.30. The molecule has 2 aromatic carbocycles. The van der Waals surface area contributed by atoms with E-state index in [9.17, 15) is 18.4 Å². The minimum atomic E-state index is -4.47. The molecule has 0 saturated heterocycles. The number of benzene rings is 2. The summed E-state index contributed by atoms with van der Waals surface area (Å²) in [7, 11) is 0. The highest BCUT2D eigenvalue weighted by molar-refractivity contribution is 5.89. The number of aromatic nitrogens is 1. The van der Waals surface area contributed by atoms with Crippen LogP contribution in [0.4, 0.5) is 18.9 Å². The first kappa shape index (κ1) is 14.0. The SMILES string of the molecule is N#Cc1c2ccccc2cn1-c1cc(C(F)(F)F)ccc1N. The van der Waals surface area contributed by atoms with Gasteiger partial charge in [0.05, 0.1) is 16.9 Å². The topological polar surface area (TPSA) is 54.7 Å². The maximum Gasteiger partial charge on any atom is 0.416 e. The molecule has 6 heteroatoms. The third kappa shape index (κ3) is 2.17. The Hall–Kier alpha value is -2.94. The molecule has 1 aromatic heterocycles. The average Bonchev–Trinajstić information content (AvgIpc) is 2.84. The number of anilines is 1. The molecule has 0 unspecified atom stereocenters. The second-order valence-corrected chi connectivity index (χ2v) is 4.82. The molecule has 0 fully saturated rings. The van der Waals surface area contributed by atoms with Gasteiger partial charge in [0.25, 0.3) is 0 Å². The third-order valence-corrected chi connectivity index (χ3v) is 3.45. The van der Waals surface area contributed by atoms with Crippen LogP contribution in [0.5, 0.6) is 0 Å². The first-order valence-electron chi connectivity index (χ1n) is 6.39. The number of rotatable bonds is 1. The van der Waals surface area contributed by atoms with Crippen LogP contribution in [0.15, 0.2) is 48.7 Å². The lowest BCUT2D eigenvalue weighted by molar-refractivity contribution is -0.137. The highest BCUT2D eigenvalue weighted by atomic mass is 19.4. The molecule has 3 aromatic rings. The van der Waals surface area contributed by atoms with Gasteiger partial charge in [-0.1, -0.05) is 24.3 Å². The van der Waals surface area contributed by atoms with Gasteiger partial charge in [0, 0.05) is 17.0 Å². The van der Waals surface area contributed by atoms with Gasteiger partial charge >= 0.3 is 6.18 Å². The molecular formula is C16H10F3N3. The van der Waals surface area contributed by atoms with Crippen molar-refractivity contribution in [2.24, 2.45) is 0 Å². The van der Waals surface area contributed by atoms with E-state index in [4.69, 9.17) is 5.73 Å². The van der Waals surface area contributed by atoms with Gasteiger partial charge in [0.1, 0.15) is 11.8 Å². The van der Waals surface area contributed by atoms with Crippen molar-refractivity contribution >= 4 is 16.5 Å². The number of alkyl halides is 3. The molecule has 0 spiro atoms. The number of fused-ring (bicyclic) bond motifs is 1. The Morgan fingerprint density at radius 1 is 1.09 bits per heavy atom. The average molecular weight is 301 g/mol. The van der Waals surface area contributed by atoms with E-state index in [1.165, 1.54) is 10.6 Å². The smallest absolute Gasteiger partial charge is 0.397 e. The Morgan fingerprint density at radius 3 is 2.50 bits per heavy atom. The van der Waals surface area contributed by atoms with E-state index in [-0.39, 0.29) is 17.1 Å². The van der Waals surface area contributed by atoms with Crippen molar-refractivity contribution < 1.29 is 13.2 Å². The van der Waals surface area contributed by atoms with E-state index in [1.807, 2.05) is 6.07 Å². The van der Waals surface area contributed by atoms with Crippen LogP contribution in [0, 0.1) is 11.3 Å². The quantitative estimate of drug-likeness (QED) is 0.688. The van der Waals surface area contributed by atoms with Gasteiger partial charge in [-0.3, -0.25) is 0 Å². The second kappa shape index (κ2) is 4.81. The predicted molar refractivity (Wildman–Crippen MR) is 77.4 cm³/mol. The summed E-state index contributed by atoms with van der Waals surface area (Å²) in [6, 6.07) is 12.2. The summed E-state index contributed by atoms with van der Waals surface area (Å²) in [6.07, 6.45) is -2.86. The zero-order valence-corrected chi connectivity index (χ0v) is 11.2. The van der Waals surface area contributed by atoms with Crippen molar-refractivity contribution in [2.45, 2.75) is 6.18 Å². The van der Waals surface area contributed by atoms with E-state index in [1.54, 1.807) is 30.5 Å². The van der Waals surface area contributed by atoms with Gasteiger partial charge in [-0.2, -0.15) is 18.4 Å². The fourth-order valence-corrected chi connectivity index (χ4v) is 2.39. The molecule has 22 heavy (non-hydrogen) atoms. The zero-order chi connectivity index (χ0) is 15.9. The molecule has 2 N–H and O–H groups in total.